The van der Waals surface area contributed by atoms with Crippen molar-refractivity contribution in [1.82, 2.24) is 4.98 Å². The zero-order valence-corrected chi connectivity index (χ0v) is 12.3. The molecule has 1 aromatic heterocycles. The third-order valence-corrected chi connectivity index (χ3v) is 5.22. The summed E-state index contributed by atoms with van der Waals surface area (Å²) in [5, 5.41) is 6.39. The Morgan fingerprint density at radius 2 is 2.10 bits per heavy atom. The highest BCUT2D eigenvalue weighted by molar-refractivity contribution is 8.15. The van der Waals surface area contributed by atoms with Crippen LogP contribution in [0.5, 0.6) is 0 Å². The molecule has 0 bridgehead atoms. The van der Waals surface area contributed by atoms with Gasteiger partial charge in [-0.3, -0.25) is 9.98 Å². The number of aliphatic imine (C=N–C) groups is 1. The van der Waals surface area contributed by atoms with Crippen LogP contribution < -0.4 is 5.32 Å². The molecule has 0 saturated heterocycles. The number of anilines is 1. The van der Waals surface area contributed by atoms with Crippen molar-refractivity contribution < 1.29 is 0 Å². The van der Waals surface area contributed by atoms with Gasteiger partial charge in [-0.25, -0.2) is 0 Å². The molecular weight excluding hydrogens is 266 g/mol. The molecule has 1 atom stereocenters. The fraction of sp³-hybridized carbons (Fsp3) is 0.375. The van der Waals surface area contributed by atoms with Crippen LogP contribution in [0, 0.1) is 12.8 Å². The highest BCUT2D eigenvalue weighted by Gasteiger charge is 2.35. The van der Waals surface area contributed by atoms with Gasteiger partial charge in [0.05, 0.1) is 17.7 Å². The number of fused-ring (bicyclic) bond motifs is 1. The monoisotopic (exact) mass is 283 g/mol. The summed E-state index contributed by atoms with van der Waals surface area (Å²) in [6.45, 7) is 3.00. The predicted molar refractivity (Wildman–Crippen MR) is 86.5 cm³/mol. The SMILES string of the molecule is Cc1ccc2cccc(NC3=NCC(C4CC4)S3)c2n1. The molecule has 20 heavy (non-hydrogen) atoms. The summed E-state index contributed by atoms with van der Waals surface area (Å²) in [5.74, 6) is 0.899. The van der Waals surface area contributed by atoms with Crippen LogP contribution in [0.4, 0.5) is 5.69 Å². The highest BCUT2D eigenvalue weighted by Crippen LogP contribution is 2.42. The number of para-hydroxylation sites is 1. The molecule has 102 valence electrons. The van der Waals surface area contributed by atoms with Gasteiger partial charge in [-0.05, 0) is 37.8 Å². The molecule has 2 aromatic rings. The summed E-state index contributed by atoms with van der Waals surface area (Å²) in [7, 11) is 0. The number of aromatic nitrogens is 1. The Hall–Kier alpha value is -1.55. The maximum absolute atomic E-state index is 4.66. The van der Waals surface area contributed by atoms with Crippen molar-refractivity contribution in [2.75, 3.05) is 11.9 Å². The first-order valence-electron chi connectivity index (χ1n) is 7.14. The fourth-order valence-corrected chi connectivity index (χ4v) is 3.85. The van der Waals surface area contributed by atoms with E-state index in [4.69, 9.17) is 0 Å². The molecule has 0 spiro atoms. The number of aryl methyl sites for hydroxylation is 1. The van der Waals surface area contributed by atoms with E-state index in [0.29, 0.717) is 5.25 Å². The zero-order valence-electron chi connectivity index (χ0n) is 11.5. The Bertz CT molecular complexity index is 691. The standard InChI is InChI=1S/C16H17N3S/c1-10-5-6-12-3-2-4-13(15(12)18-10)19-16-17-9-14(20-16)11-7-8-11/h2-6,11,14H,7-9H2,1H3,(H,17,19). The normalized spacial score (nSPS) is 22.1. The summed E-state index contributed by atoms with van der Waals surface area (Å²) in [6, 6.07) is 10.4. The number of amidine groups is 1. The topological polar surface area (TPSA) is 37.3 Å². The number of hydrogen-bond acceptors (Lipinski definition) is 4. The maximum Gasteiger partial charge on any atom is 0.161 e. The lowest BCUT2D eigenvalue weighted by molar-refractivity contribution is 0.773. The number of hydrogen-bond donors (Lipinski definition) is 1. The summed E-state index contributed by atoms with van der Waals surface area (Å²) >= 11 is 1.90. The van der Waals surface area contributed by atoms with Gasteiger partial charge >= 0.3 is 0 Å². The number of nitrogens with zero attached hydrogens (tertiary/aromatic N) is 2. The molecule has 1 aliphatic carbocycles. The molecule has 2 aliphatic rings. The van der Waals surface area contributed by atoms with Gasteiger partial charge in [0.2, 0.25) is 0 Å². The van der Waals surface area contributed by atoms with Crippen molar-refractivity contribution in [3.05, 3.63) is 36.0 Å². The predicted octanol–water partition coefficient (Wildman–Crippen LogP) is 3.84. The third-order valence-electron chi connectivity index (χ3n) is 3.93. The average molecular weight is 283 g/mol. The van der Waals surface area contributed by atoms with Gasteiger partial charge in [-0.15, -0.1) is 0 Å². The second-order valence-corrected chi connectivity index (χ2v) is 6.82. The molecule has 2 heterocycles. The van der Waals surface area contributed by atoms with E-state index in [1.807, 2.05) is 18.7 Å². The van der Waals surface area contributed by atoms with Crippen molar-refractivity contribution in [3.8, 4) is 0 Å². The largest absolute Gasteiger partial charge is 0.333 e. The quantitative estimate of drug-likeness (QED) is 0.910. The summed E-state index contributed by atoms with van der Waals surface area (Å²) in [6.07, 6.45) is 2.77. The van der Waals surface area contributed by atoms with Crippen LogP contribution in [-0.2, 0) is 0 Å². The lowest BCUT2D eigenvalue weighted by Gasteiger charge is -2.10. The van der Waals surface area contributed by atoms with Crippen LogP contribution in [0.15, 0.2) is 35.3 Å². The molecule has 1 unspecified atom stereocenters. The molecule has 4 rings (SSSR count). The smallest absolute Gasteiger partial charge is 0.161 e. The van der Waals surface area contributed by atoms with E-state index in [2.05, 4.69) is 45.6 Å². The minimum atomic E-state index is 0.696. The second-order valence-electron chi connectivity index (χ2n) is 5.59. The molecule has 4 heteroatoms. The summed E-state index contributed by atoms with van der Waals surface area (Å²) < 4.78 is 0. The first-order valence-corrected chi connectivity index (χ1v) is 8.02. The van der Waals surface area contributed by atoms with Crippen LogP contribution in [0.2, 0.25) is 0 Å². The van der Waals surface area contributed by atoms with Crippen molar-refractivity contribution in [2.45, 2.75) is 25.0 Å². The van der Waals surface area contributed by atoms with Crippen LogP contribution in [0.3, 0.4) is 0 Å². The van der Waals surface area contributed by atoms with E-state index in [-0.39, 0.29) is 0 Å². The van der Waals surface area contributed by atoms with E-state index >= 15 is 0 Å². The zero-order chi connectivity index (χ0) is 13.5. The first-order chi connectivity index (χ1) is 9.79. The van der Waals surface area contributed by atoms with Gasteiger partial charge in [0.25, 0.3) is 0 Å². The maximum atomic E-state index is 4.66. The summed E-state index contributed by atoms with van der Waals surface area (Å²) in [4.78, 5) is 9.30. The minimum Gasteiger partial charge on any atom is -0.333 e. The molecule has 1 N–H and O–H groups in total. The van der Waals surface area contributed by atoms with Gasteiger partial charge in [-0.1, -0.05) is 30.0 Å². The lowest BCUT2D eigenvalue weighted by Crippen LogP contribution is -2.09. The number of rotatable bonds is 2. The van der Waals surface area contributed by atoms with E-state index in [0.717, 1.165) is 34.5 Å². The molecule has 0 radical (unpaired) electrons. The number of nitrogens with one attached hydrogen (secondary N) is 1. The molecule has 0 amide bonds. The third kappa shape index (κ3) is 2.29. The van der Waals surface area contributed by atoms with Gasteiger partial charge in [0, 0.05) is 16.3 Å². The highest BCUT2D eigenvalue weighted by atomic mass is 32.2. The summed E-state index contributed by atoms with van der Waals surface area (Å²) in [5.41, 5.74) is 3.14. The van der Waals surface area contributed by atoms with Crippen LogP contribution in [-0.4, -0.2) is 21.9 Å². The number of benzene rings is 1. The van der Waals surface area contributed by atoms with Crippen LogP contribution >= 0.6 is 11.8 Å². The van der Waals surface area contributed by atoms with E-state index in [9.17, 15) is 0 Å². The van der Waals surface area contributed by atoms with Gasteiger partial charge in [-0.2, -0.15) is 0 Å². The van der Waals surface area contributed by atoms with E-state index < -0.39 is 0 Å². The number of thioether (sulfide) groups is 1. The Kier molecular flexibility index (Phi) is 2.91. The Morgan fingerprint density at radius 1 is 1.20 bits per heavy atom. The Balaban J connectivity index is 1.61. The molecule has 1 aliphatic heterocycles. The van der Waals surface area contributed by atoms with Gasteiger partial charge in [0.1, 0.15) is 0 Å². The van der Waals surface area contributed by atoms with Crippen molar-refractivity contribution in [1.29, 1.82) is 0 Å². The average Bonchev–Trinajstić information content (AvgIpc) is 3.20. The van der Waals surface area contributed by atoms with E-state index in [1.54, 1.807) is 0 Å². The van der Waals surface area contributed by atoms with Gasteiger partial charge < -0.3 is 5.32 Å². The second kappa shape index (κ2) is 4.77. The number of pyridine rings is 1. The molecule has 3 nitrogen and oxygen atoms in total. The minimum absolute atomic E-state index is 0.696. The molecule has 1 fully saturated rings. The van der Waals surface area contributed by atoms with Crippen molar-refractivity contribution >= 4 is 33.5 Å². The lowest BCUT2D eigenvalue weighted by atomic mass is 10.2. The van der Waals surface area contributed by atoms with Crippen LogP contribution in [0.25, 0.3) is 10.9 Å². The molecule has 1 saturated carbocycles. The molecule has 1 aromatic carbocycles. The van der Waals surface area contributed by atoms with Crippen LogP contribution in [0.1, 0.15) is 18.5 Å². The fourth-order valence-electron chi connectivity index (χ4n) is 2.63. The Morgan fingerprint density at radius 3 is 2.95 bits per heavy atom. The molecular formula is C16H17N3S. The van der Waals surface area contributed by atoms with Crippen molar-refractivity contribution in [2.24, 2.45) is 10.9 Å². The first kappa shape index (κ1) is 12.2. The Labute approximate surface area is 122 Å². The van der Waals surface area contributed by atoms with Crippen molar-refractivity contribution in [3.63, 3.8) is 0 Å². The van der Waals surface area contributed by atoms with Gasteiger partial charge in [0.15, 0.2) is 5.17 Å². The van der Waals surface area contributed by atoms with E-state index in [1.165, 1.54) is 18.2 Å².